The second kappa shape index (κ2) is 10.3. The van der Waals surface area contributed by atoms with E-state index in [1.165, 1.54) is 16.7 Å². The Labute approximate surface area is 186 Å². The SMILES string of the molecule is CCCC1C(c2ccccc2)NC(c2ccccc2)CC1(O)Cc1ccccc1.Cl. The Morgan fingerprint density at radius 3 is 1.93 bits per heavy atom. The van der Waals surface area contributed by atoms with Crippen molar-refractivity contribution in [3.8, 4) is 0 Å². The van der Waals surface area contributed by atoms with Crippen LogP contribution in [-0.4, -0.2) is 10.7 Å². The van der Waals surface area contributed by atoms with Crippen LogP contribution in [0.1, 0.15) is 55.0 Å². The third kappa shape index (κ3) is 4.95. The summed E-state index contributed by atoms with van der Waals surface area (Å²) in [5.41, 5.74) is 2.95. The Bertz CT molecular complexity index is 887. The summed E-state index contributed by atoms with van der Waals surface area (Å²) < 4.78 is 0. The second-order valence-electron chi connectivity index (χ2n) is 8.38. The zero-order valence-electron chi connectivity index (χ0n) is 17.6. The van der Waals surface area contributed by atoms with Crippen LogP contribution in [0.2, 0.25) is 0 Å². The smallest absolute Gasteiger partial charge is 0.0752 e. The van der Waals surface area contributed by atoms with Crippen molar-refractivity contribution in [3.05, 3.63) is 108 Å². The topological polar surface area (TPSA) is 32.3 Å². The van der Waals surface area contributed by atoms with E-state index in [0.717, 1.165) is 19.3 Å². The van der Waals surface area contributed by atoms with E-state index in [1.807, 2.05) is 6.07 Å². The first kappa shape index (κ1) is 22.6. The quantitative estimate of drug-likeness (QED) is 0.491. The minimum Gasteiger partial charge on any atom is -0.389 e. The lowest BCUT2D eigenvalue weighted by atomic mass is 9.67. The molecule has 1 saturated heterocycles. The largest absolute Gasteiger partial charge is 0.389 e. The third-order valence-electron chi connectivity index (χ3n) is 6.34. The molecule has 0 aliphatic carbocycles. The molecule has 1 heterocycles. The van der Waals surface area contributed by atoms with Crippen molar-refractivity contribution in [3.63, 3.8) is 0 Å². The lowest BCUT2D eigenvalue weighted by Crippen LogP contribution is -2.54. The van der Waals surface area contributed by atoms with Gasteiger partial charge < -0.3 is 10.4 Å². The number of hydrogen-bond acceptors (Lipinski definition) is 2. The standard InChI is InChI=1S/C27H31NO.ClH/c1-2-12-24-26(23-17-10-5-11-18-23)28-25(22-15-8-4-9-16-22)20-27(24,29)19-21-13-6-3-7-14-21;/h3-11,13-18,24-26,28-29H,2,12,19-20H2,1H3;1H. The van der Waals surface area contributed by atoms with Gasteiger partial charge in [-0.2, -0.15) is 0 Å². The predicted molar refractivity (Wildman–Crippen MR) is 127 cm³/mol. The van der Waals surface area contributed by atoms with Crippen LogP contribution in [0.4, 0.5) is 0 Å². The van der Waals surface area contributed by atoms with E-state index < -0.39 is 5.60 Å². The molecule has 3 heteroatoms. The van der Waals surface area contributed by atoms with E-state index in [0.29, 0.717) is 6.42 Å². The maximum Gasteiger partial charge on any atom is 0.0752 e. The van der Waals surface area contributed by atoms with Crippen LogP contribution in [0.25, 0.3) is 0 Å². The van der Waals surface area contributed by atoms with Crippen molar-refractivity contribution < 1.29 is 5.11 Å². The number of benzene rings is 3. The molecule has 30 heavy (non-hydrogen) atoms. The van der Waals surface area contributed by atoms with Crippen molar-refractivity contribution in [1.29, 1.82) is 0 Å². The summed E-state index contributed by atoms with van der Waals surface area (Å²) >= 11 is 0. The minimum absolute atomic E-state index is 0. The summed E-state index contributed by atoms with van der Waals surface area (Å²) in [6, 6.07) is 31.9. The van der Waals surface area contributed by atoms with E-state index in [9.17, 15) is 5.11 Å². The van der Waals surface area contributed by atoms with Gasteiger partial charge in [-0.25, -0.2) is 0 Å². The molecule has 1 aliphatic heterocycles. The Morgan fingerprint density at radius 1 is 0.833 bits per heavy atom. The molecule has 0 radical (unpaired) electrons. The van der Waals surface area contributed by atoms with Crippen LogP contribution in [0.3, 0.4) is 0 Å². The monoisotopic (exact) mass is 421 g/mol. The zero-order chi connectivity index (χ0) is 20.1. The summed E-state index contributed by atoms with van der Waals surface area (Å²) in [6.07, 6.45) is 3.47. The van der Waals surface area contributed by atoms with Crippen LogP contribution in [0.5, 0.6) is 0 Å². The summed E-state index contributed by atoms with van der Waals surface area (Å²) in [5.74, 6) is 0.162. The molecule has 0 amide bonds. The van der Waals surface area contributed by atoms with Crippen LogP contribution < -0.4 is 5.32 Å². The summed E-state index contributed by atoms with van der Waals surface area (Å²) in [6.45, 7) is 2.22. The molecule has 3 aromatic rings. The highest BCUT2D eigenvalue weighted by Crippen LogP contribution is 2.46. The first-order valence-electron chi connectivity index (χ1n) is 10.8. The molecular formula is C27H32ClNO. The molecule has 4 unspecified atom stereocenters. The van der Waals surface area contributed by atoms with E-state index in [2.05, 4.69) is 97.2 Å². The molecule has 4 rings (SSSR count). The average molecular weight is 422 g/mol. The summed E-state index contributed by atoms with van der Waals surface area (Å²) in [4.78, 5) is 0. The molecule has 2 nitrogen and oxygen atoms in total. The fraction of sp³-hybridized carbons (Fsp3) is 0.333. The molecule has 4 atom stereocenters. The lowest BCUT2D eigenvalue weighted by Gasteiger charge is -2.49. The normalized spacial score (nSPS) is 26.0. The highest BCUT2D eigenvalue weighted by atomic mass is 35.5. The van der Waals surface area contributed by atoms with Gasteiger partial charge in [0.1, 0.15) is 0 Å². The first-order chi connectivity index (χ1) is 14.2. The lowest BCUT2D eigenvalue weighted by molar-refractivity contribution is -0.0780. The van der Waals surface area contributed by atoms with Gasteiger partial charge in [-0.15, -0.1) is 12.4 Å². The number of halogens is 1. The Balaban J connectivity index is 0.00000256. The van der Waals surface area contributed by atoms with Gasteiger partial charge in [-0.3, -0.25) is 0 Å². The molecular weight excluding hydrogens is 390 g/mol. The van der Waals surface area contributed by atoms with Crippen LogP contribution in [0, 0.1) is 5.92 Å². The molecule has 158 valence electrons. The molecule has 0 spiro atoms. The molecule has 0 aromatic heterocycles. The maximum atomic E-state index is 12.1. The average Bonchev–Trinajstić information content (AvgIpc) is 2.77. The zero-order valence-corrected chi connectivity index (χ0v) is 18.4. The number of rotatable bonds is 6. The Hall–Kier alpha value is -2.13. The predicted octanol–water partition coefficient (Wildman–Crippen LogP) is 6.27. The van der Waals surface area contributed by atoms with Gasteiger partial charge in [0.2, 0.25) is 0 Å². The molecule has 1 aliphatic rings. The fourth-order valence-electron chi connectivity index (χ4n) is 4.99. The third-order valence-corrected chi connectivity index (χ3v) is 6.34. The number of piperidine rings is 1. The van der Waals surface area contributed by atoms with Gasteiger partial charge in [0.05, 0.1) is 5.60 Å². The van der Waals surface area contributed by atoms with Crippen LogP contribution in [-0.2, 0) is 6.42 Å². The summed E-state index contributed by atoms with van der Waals surface area (Å²) in [5, 5.41) is 16.0. The van der Waals surface area contributed by atoms with Gasteiger partial charge in [-0.1, -0.05) is 104 Å². The van der Waals surface area contributed by atoms with Crippen molar-refractivity contribution in [2.75, 3.05) is 0 Å². The van der Waals surface area contributed by atoms with E-state index in [1.54, 1.807) is 0 Å². The minimum atomic E-state index is -0.760. The first-order valence-corrected chi connectivity index (χ1v) is 10.8. The van der Waals surface area contributed by atoms with Gasteiger partial charge in [-0.05, 0) is 29.5 Å². The van der Waals surface area contributed by atoms with Gasteiger partial charge in [0.25, 0.3) is 0 Å². The second-order valence-corrected chi connectivity index (χ2v) is 8.38. The molecule has 0 bridgehead atoms. The number of hydrogen-bond donors (Lipinski definition) is 2. The van der Waals surface area contributed by atoms with Crippen LogP contribution >= 0.6 is 12.4 Å². The van der Waals surface area contributed by atoms with Crippen molar-refractivity contribution in [2.45, 2.75) is 50.3 Å². The van der Waals surface area contributed by atoms with Gasteiger partial charge in [0, 0.05) is 24.4 Å². The Morgan fingerprint density at radius 2 is 1.37 bits per heavy atom. The maximum absolute atomic E-state index is 12.1. The molecule has 2 N–H and O–H groups in total. The van der Waals surface area contributed by atoms with Crippen molar-refractivity contribution >= 4 is 12.4 Å². The van der Waals surface area contributed by atoms with Crippen LogP contribution in [0.15, 0.2) is 91.0 Å². The Kier molecular flexibility index (Phi) is 7.71. The van der Waals surface area contributed by atoms with Crippen molar-refractivity contribution in [1.82, 2.24) is 5.32 Å². The van der Waals surface area contributed by atoms with Gasteiger partial charge in [0.15, 0.2) is 0 Å². The fourth-order valence-corrected chi connectivity index (χ4v) is 4.99. The van der Waals surface area contributed by atoms with E-state index in [-0.39, 0.29) is 30.4 Å². The summed E-state index contributed by atoms with van der Waals surface area (Å²) in [7, 11) is 0. The van der Waals surface area contributed by atoms with E-state index >= 15 is 0 Å². The molecule has 3 aromatic carbocycles. The molecule has 1 fully saturated rings. The van der Waals surface area contributed by atoms with Crippen molar-refractivity contribution in [2.24, 2.45) is 5.92 Å². The number of nitrogens with one attached hydrogen (secondary N) is 1. The van der Waals surface area contributed by atoms with E-state index in [4.69, 9.17) is 0 Å². The molecule has 0 saturated carbocycles. The highest BCUT2D eigenvalue weighted by Gasteiger charge is 2.47. The van der Waals surface area contributed by atoms with Gasteiger partial charge >= 0.3 is 0 Å². The highest BCUT2D eigenvalue weighted by molar-refractivity contribution is 5.85. The number of aliphatic hydroxyl groups is 1.